The summed E-state index contributed by atoms with van der Waals surface area (Å²) in [7, 11) is 1.56. The highest BCUT2D eigenvalue weighted by Gasteiger charge is 2.22. The number of hydrogen-bond donors (Lipinski definition) is 4. The summed E-state index contributed by atoms with van der Waals surface area (Å²) in [6.45, 7) is 3.78. The molecule has 0 unspecified atom stereocenters. The molecule has 1 aliphatic rings. The van der Waals surface area contributed by atoms with Crippen LogP contribution >= 0.6 is 0 Å². The highest BCUT2D eigenvalue weighted by atomic mass is 19.3. The number of carbonyl (C=O) groups excluding carboxylic acids is 1. The molecule has 0 fully saturated rings. The van der Waals surface area contributed by atoms with Crippen molar-refractivity contribution in [3.8, 4) is 5.75 Å². The first-order valence-corrected chi connectivity index (χ1v) is 7.33. The van der Waals surface area contributed by atoms with Gasteiger partial charge in [-0.2, -0.15) is 0 Å². The van der Waals surface area contributed by atoms with E-state index in [0.29, 0.717) is 5.75 Å². The monoisotopic (exact) mass is 348 g/mol. The number of ether oxygens (including phenoxy) is 1. The van der Waals surface area contributed by atoms with Crippen LogP contribution in [0.5, 0.6) is 5.75 Å². The number of allylic oxidation sites excluding steroid dienone is 2. The van der Waals surface area contributed by atoms with Crippen LogP contribution in [0.25, 0.3) is 0 Å². The topological polar surface area (TPSA) is 86.2 Å². The molecule has 1 heterocycles. The second kappa shape index (κ2) is 8.09. The Morgan fingerprint density at radius 3 is 2.60 bits per heavy atom. The lowest BCUT2D eigenvalue weighted by atomic mass is 10.2. The van der Waals surface area contributed by atoms with Crippen LogP contribution in [0.15, 0.2) is 59.7 Å². The zero-order chi connectivity index (χ0) is 18.4. The van der Waals surface area contributed by atoms with Crippen molar-refractivity contribution >= 4 is 12.1 Å². The lowest BCUT2D eigenvalue weighted by Crippen LogP contribution is -2.37. The summed E-state index contributed by atoms with van der Waals surface area (Å²) >= 11 is 0. The molecule has 0 atom stereocenters. The van der Waals surface area contributed by atoms with E-state index in [0.717, 1.165) is 17.9 Å². The molecule has 8 heteroatoms. The third-order valence-electron chi connectivity index (χ3n) is 3.39. The van der Waals surface area contributed by atoms with Crippen molar-refractivity contribution in [3.63, 3.8) is 0 Å². The Bertz CT molecular complexity index is 740. The van der Waals surface area contributed by atoms with E-state index in [1.54, 1.807) is 31.4 Å². The van der Waals surface area contributed by atoms with Crippen molar-refractivity contribution in [3.05, 3.63) is 65.3 Å². The first-order chi connectivity index (χ1) is 11.9. The maximum atomic E-state index is 12.9. The summed E-state index contributed by atoms with van der Waals surface area (Å²) < 4.78 is 30.8. The number of halogens is 2. The molecule has 0 aromatic heterocycles. The zero-order valence-corrected chi connectivity index (χ0v) is 13.5. The molecule has 1 amide bonds. The van der Waals surface area contributed by atoms with Crippen LogP contribution in [0.4, 0.5) is 8.78 Å². The minimum Gasteiger partial charge on any atom is -0.497 e. The normalized spacial score (nSPS) is 15.7. The van der Waals surface area contributed by atoms with Gasteiger partial charge in [-0.1, -0.05) is 18.7 Å². The third-order valence-corrected chi connectivity index (χ3v) is 3.39. The van der Waals surface area contributed by atoms with Crippen LogP contribution in [0, 0.1) is 5.41 Å². The zero-order valence-electron chi connectivity index (χ0n) is 13.5. The molecule has 1 aromatic rings. The molecule has 25 heavy (non-hydrogen) atoms. The Labute approximate surface area is 143 Å². The fourth-order valence-corrected chi connectivity index (χ4v) is 2.12. The van der Waals surface area contributed by atoms with Crippen LogP contribution in [0.3, 0.4) is 0 Å². The van der Waals surface area contributed by atoms with Gasteiger partial charge in [0.25, 0.3) is 12.3 Å². The summed E-state index contributed by atoms with van der Waals surface area (Å²) in [5, 5.41) is 15.2. The fraction of sp³-hybridized carbons (Fsp3) is 0.176. The molecule has 0 bridgehead atoms. The van der Waals surface area contributed by atoms with Crippen molar-refractivity contribution < 1.29 is 18.3 Å². The Morgan fingerprint density at radius 1 is 1.36 bits per heavy atom. The molecule has 132 valence electrons. The second-order valence-corrected chi connectivity index (χ2v) is 5.14. The van der Waals surface area contributed by atoms with E-state index in [-0.39, 0.29) is 29.3 Å². The molecule has 0 aliphatic carbocycles. The van der Waals surface area contributed by atoms with E-state index in [1.807, 2.05) is 0 Å². The van der Waals surface area contributed by atoms with Gasteiger partial charge in [0.05, 0.1) is 18.4 Å². The lowest BCUT2D eigenvalue weighted by molar-refractivity contribution is -0.117. The fourth-order valence-electron chi connectivity index (χ4n) is 2.12. The number of rotatable bonds is 6. The van der Waals surface area contributed by atoms with E-state index >= 15 is 0 Å². The van der Waals surface area contributed by atoms with Crippen LogP contribution in [0.1, 0.15) is 5.56 Å². The van der Waals surface area contributed by atoms with Crippen molar-refractivity contribution in [2.24, 2.45) is 0 Å². The molecule has 1 aliphatic heterocycles. The smallest absolute Gasteiger partial charge is 0.278 e. The summed E-state index contributed by atoms with van der Waals surface area (Å²) in [4.78, 5) is 12.3. The van der Waals surface area contributed by atoms with Crippen molar-refractivity contribution in [2.75, 3.05) is 7.11 Å². The molecule has 6 nitrogen and oxygen atoms in total. The molecule has 0 saturated carbocycles. The molecular formula is C17H18F2N4O2. The highest BCUT2D eigenvalue weighted by molar-refractivity contribution is 6.12. The molecular weight excluding hydrogens is 330 g/mol. The number of nitrogens with one attached hydrogen (secondary N) is 4. The summed E-state index contributed by atoms with van der Waals surface area (Å²) in [5.74, 6) is 0.104. The minimum absolute atomic E-state index is 0.00923. The number of methoxy groups -OCH3 is 1. The van der Waals surface area contributed by atoms with Gasteiger partial charge in [0.15, 0.2) is 0 Å². The van der Waals surface area contributed by atoms with E-state index in [4.69, 9.17) is 10.1 Å². The van der Waals surface area contributed by atoms with E-state index in [1.165, 1.54) is 0 Å². The van der Waals surface area contributed by atoms with Crippen molar-refractivity contribution in [1.82, 2.24) is 16.0 Å². The Balaban J connectivity index is 2.10. The van der Waals surface area contributed by atoms with Gasteiger partial charge in [0.2, 0.25) is 0 Å². The molecule has 0 saturated heterocycles. The summed E-state index contributed by atoms with van der Waals surface area (Å²) in [6.07, 6.45) is -0.811. The van der Waals surface area contributed by atoms with Gasteiger partial charge < -0.3 is 26.1 Å². The Morgan fingerprint density at radius 2 is 2.04 bits per heavy atom. The van der Waals surface area contributed by atoms with Gasteiger partial charge in [-0.3, -0.25) is 4.79 Å². The third kappa shape index (κ3) is 4.66. The number of amides is 1. The average molecular weight is 348 g/mol. The lowest BCUT2D eigenvalue weighted by Gasteiger charge is -2.23. The Kier molecular flexibility index (Phi) is 5.89. The van der Waals surface area contributed by atoms with E-state index < -0.39 is 12.3 Å². The molecule has 0 radical (unpaired) electrons. The second-order valence-electron chi connectivity index (χ2n) is 5.14. The predicted octanol–water partition coefficient (Wildman–Crippen LogP) is 2.03. The standard InChI is InChI=1S/C17H18F2N4O2/c1-10-7-14(15(18)19)23-16(22-10)13(8-20)17(24)21-9-11-3-5-12(25-2)6-4-11/h3-8,15,20,22-23H,1,9H2,2H3,(H,21,24)/b16-13+,20-8?. The van der Waals surface area contributed by atoms with Crippen molar-refractivity contribution in [1.29, 1.82) is 5.41 Å². The summed E-state index contributed by atoms with van der Waals surface area (Å²) in [5.41, 5.74) is 0.527. The first-order valence-electron chi connectivity index (χ1n) is 7.33. The minimum atomic E-state index is -2.75. The first kappa shape index (κ1) is 18.2. The maximum absolute atomic E-state index is 12.9. The number of carbonyl (C=O) groups is 1. The van der Waals surface area contributed by atoms with Gasteiger partial charge >= 0.3 is 0 Å². The van der Waals surface area contributed by atoms with Crippen LogP contribution in [-0.2, 0) is 11.3 Å². The molecule has 1 aromatic carbocycles. The van der Waals surface area contributed by atoms with Gasteiger partial charge in [-0.15, -0.1) is 0 Å². The predicted molar refractivity (Wildman–Crippen MR) is 90.1 cm³/mol. The highest BCUT2D eigenvalue weighted by Crippen LogP contribution is 2.16. The number of benzene rings is 1. The van der Waals surface area contributed by atoms with E-state index in [9.17, 15) is 13.6 Å². The Hall–Kier alpha value is -3.16. The molecule has 4 N–H and O–H groups in total. The van der Waals surface area contributed by atoms with Crippen LogP contribution < -0.4 is 20.7 Å². The average Bonchev–Trinajstić information content (AvgIpc) is 2.60. The van der Waals surface area contributed by atoms with Gasteiger partial charge in [0.1, 0.15) is 11.6 Å². The van der Waals surface area contributed by atoms with E-state index in [2.05, 4.69) is 22.5 Å². The largest absolute Gasteiger partial charge is 0.497 e. The van der Waals surface area contributed by atoms with Crippen molar-refractivity contribution in [2.45, 2.75) is 13.0 Å². The SMILES string of the molecule is C=C1C=C(C(F)F)N/C(=C(\C=N)C(=O)NCc2ccc(OC)cc2)N1. The molecule has 0 spiro atoms. The molecule has 2 rings (SSSR count). The number of hydrogen-bond acceptors (Lipinski definition) is 5. The van der Waals surface area contributed by atoms with Crippen LogP contribution in [-0.4, -0.2) is 25.7 Å². The maximum Gasteiger partial charge on any atom is 0.278 e. The van der Waals surface area contributed by atoms with Gasteiger partial charge in [0, 0.05) is 18.5 Å². The van der Waals surface area contributed by atoms with Crippen LogP contribution in [0.2, 0.25) is 0 Å². The quantitative estimate of drug-likeness (QED) is 0.468. The number of alkyl halides is 2. The van der Waals surface area contributed by atoms with Gasteiger partial charge in [-0.25, -0.2) is 8.78 Å². The summed E-state index contributed by atoms with van der Waals surface area (Å²) in [6, 6.07) is 7.08. The van der Waals surface area contributed by atoms with Gasteiger partial charge in [-0.05, 0) is 23.8 Å².